The summed E-state index contributed by atoms with van der Waals surface area (Å²) in [5, 5.41) is 48.9. The second kappa shape index (κ2) is 14.7. The normalized spacial score (nSPS) is 20.0. The Morgan fingerprint density at radius 2 is 1.49 bits per heavy atom. The predicted octanol–water partition coefficient (Wildman–Crippen LogP) is -0.318. The van der Waals surface area contributed by atoms with E-state index in [-0.39, 0.29) is 49.3 Å². The number of phenolic OH excluding ortho intramolecular Hbond substituents is 2. The number of aliphatic hydroxyl groups is 1. The molecule has 11 N–H and O–H groups in total. The fourth-order valence-corrected chi connectivity index (χ4v) is 5.09. The third kappa shape index (κ3) is 8.56. The van der Waals surface area contributed by atoms with Crippen LogP contribution in [0, 0.1) is 0 Å². The third-order valence-corrected chi connectivity index (χ3v) is 7.64. The average molecular weight is 620 g/mol. The van der Waals surface area contributed by atoms with E-state index in [2.05, 4.69) is 16.0 Å². The monoisotopic (exact) mass is 619 g/mol. The van der Waals surface area contributed by atoms with Crippen molar-refractivity contribution >= 4 is 23.7 Å². The molecule has 0 radical (unpaired) electrons. The van der Waals surface area contributed by atoms with Crippen LogP contribution in [0.2, 0.25) is 0 Å². The van der Waals surface area contributed by atoms with Crippen LogP contribution in [0.5, 0.6) is 11.5 Å². The molecular formula is C32H37N5O8. The van der Waals surface area contributed by atoms with Crippen LogP contribution >= 0.6 is 0 Å². The molecule has 4 bridgehead atoms. The van der Waals surface area contributed by atoms with Crippen LogP contribution in [0.25, 0.3) is 11.1 Å². The van der Waals surface area contributed by atoms with E-state index in [1.165, 1.54) is 12.1 Å². The van der Waals surface area contributed by atoms with Gasteiger partial charge in [0.05, 0.1) is 12.1 Å². The van der Waals surface area contributed by atoms with E-state index in [1.54, 1.807) is 54.6 Å². The number of hydrogen-bond donors (Lipinski definition) is 9. The van der Waals surface area contributed by atoms with Gasteiger partial charge in [-0.05, 0) is 52.1 Å². The zero-order chi connectivity index (χ0) is 32.7. The maximum absolute atomic E-state index is 13.7. The number of carboxylic acid groups (broad SMARTS) is 1. The highest BCUT2D eigenvalue weighted by atomic mass is 16.4. The number of carbonyl (C=O) groups is 4. The summed E-state index contributed by atoms with van der Waals surface area (Å²) in [5.41, 5.74) is 14.2. The minimum atomic E-state index is -1.42. The lowest BCUT2D eigenvalue weighted by molar-refractivity contribution is -0.142. The zero-order valence-corrected chi connectivity index (χ0v) is 24.3. The Balaban J connectivity index is 1.75. The van der Waals surface area contributed by atoms with Crippen molar-refractivity contribution in [3.63, 3.8) is 0 Å². The van der Waals surface area contributed by atoms with Crippen LogP contribution in [0.4, 0.5) is 0 Å². The first-order chi connectivity index (χ1) is 21.4. The van der Waals surface area contributed by atoms with Gasteiger partial charge in [-0.3, -0.25) is 14.4 Å². The minimum Gasteiger partial charge on any atom is -0.508 e. The molecule has 0 aliphatic carbocycles. The summed E-state index contributed by atoms with van der Waals surface area (Å²) >= 11 is 0. The number of amides is 3. The quantitative estimate of drug-likeness (QED) is 0.159. The average Bonchev–Trinajstić information content (AvgIpc) is 3.01. The molecule has 4 rings (SSSR count). The second-order valence-corrected chi connectivity index (χ2v) is 11.0. The van der Waals surface area contributed by atoms with E-state index in [0.717, 1.165) is 0 Å². The minimum absolute atomic E-state index is 0.0359. The highest BCUT2D eigenvalue weighted by molar-refractivity contribution is 5.94. The summed E-state index contributed by atoms with van der Waals surface area (Å²) in [6.07, 6.45) is -1.91. The molecule has 0 spiro atoms. The van der Waals surface area contributed by atoms with Gasteiger partial charge >= 0.3 is 5.97 Å². The van der Waals surface area contributed by atoms with E-state index in [9.17, 15) is 39.6 Å². The number of carboxylic acids is 1. The van der Waals surface area contributed by atoms with E-state index in [0.29, 0.717) is 22.3 Å². The van der Waals surface area contributed by atoms with Crippen molar-refractivity contribution in [1.29, 1.82) is 0 Å². The number of nitrogens with one attached hydrogen (secondary N) is 3. The Kier molecular flexibility index (Phi) is 10.7. The lowest BCUT2D eigenvalue weighted by Gasteiger charge is -2.26. The lowest BCUT2D eigenvalue weighted by atomic mass is 9.95. The molecule has 13 heteroatoms. The van der Waals surface area contributed by atoms with Gasteiger partial charge in [0.25, 0.3) is 0 Å². The van der Waals surface area contributed by atoms with Crippen LogP contribution in [0.1, 0.15) is 23.1 Å². The van der Waals surface area contributed by atoms with Crippen LogP contribution in [0.15, 0.2) is 66.7 Å². The van der Waals surface area contributed by atoms with Crippen molar-refractivity contribution in [2.75, 3.05) is 6.54 Å². The number of nitrogens with two attached hydrogens (primary N) is 2. The van der Waals surface area contributed by atoms with Crippen molar-refractivity contribution in [3.8, 4) is 22.6 Å². The fraction of sp³-hybridized carbons (Fsp3) is 0.312. The highest BCUT2D eigenvalue weighted by Crippen LogP contribution is 2.31. The highest BCUT2D eigenvalue weighted by Gasteiger charge is 2.32. The number of hydrogen-bond acceptors (Lipinski definition) is 9. The van der Waals surface area contributed by atoms with Gasteiger partial charge in [-0.2, -0.15) is 0 Å². The number of aromatic hydroxyl groups is 2. The molecule has 0 aromatic heterocycles. The van der Waals surface area contributed by atoms with Crippen molar-refractivity contribution in [2.45, 2.75) is 56.0 Å². The standard InChI is InChI=1S/C32H37N5O8/c33-16-22(38)15-25-31(43)36-24(30(42)37-26(32(44)45)10-17-4-2-1-3-5-17)14-21-12-19(7-9-28(21)40)18-6-8-27(39)20(11-18)13-23(34)29(41)35-25/h1-9,11-12,22-26,38-40H,10,13-16,33-34H2,(H,35,41)(H,36,43)(H,37,42)(H,44,45)/t22-,23+,24+,25+,26+/m1/s1. The van der Waals surface area contributed by atoms with Crippen LogP contribution in [-0.4, -0.2) is 80.9 Å². The Labute approximate surface area is 259 Å². The largest absolute Gasteiger partial charge is 0.508 e. The number of fused-ring (bicyclic) bond motifs is 5. The molecular weight excluding hydrogens is 582 g/mol. The van der Waals surface area contributed by atoms with Gasteiger partial charge in [0.15, 0.2) is 0 Å². The molecule has 0 unspecified atom stereocenters. The maximum atomic E-state index is 13.7. The molecule has 0 fully saturated rings. The molecule has 13 nitrogen and oxygen atoms in total. The molecule has 1 aliphatic rings. The number of rotatable bonds is 8. The van der Waals surface area contributed by atoms with Gasteiger partial charge in [-0.1, -0.05) is 42.5 Å². The van der Waals surface area contributed by atoms with Crippen LogP contribution in [0.3, 0.4) is 0 Å². The molecule has 5 atom stereocenters. The lowest BCUT2D eigenvalue weighted by Crippen LogP contribution is -2.58. The van der Waals surface area contributed by atoms with Gasteiger partial charge in [-0.15, -0.1) is 0 Å². The summed E-state index contributed by atoms with van der Waals surface area (Å²) in [5.74, 6) is -4.06. The van der Waals surface area contributed by atoms with E-state index >= 15 is 0 Å². The Morgan fingerprint density at radius 1 is 0.889 bits per heavy atom. The van der Waals surface area contributed by atoms with E-state index in [1.807, 2.05) is 0 Å². The number of benzene rings is 3. The summed E-state index contributed by atoms with van der Waals surface area (Å²) in [6.45, 7) is -0.225. The Bertz CT molecular complexity index is 1550. The first-order valence-corrected chi connectivity index (χ1v) is 14.4. The third-order valence-electron chi connectivity index (χ3n) is 7.64. The molecule has 45 heavy (non-hydrogen) atoms. The topological polar surface area (TPSA) is 237 Å². The van der Waals surface area contributed by atoms with Gasteiger partial charge < -0.3 is 47.8 Å². The van der Waals surface area contributed by atoms with Crippen molar-refractivity contribution < 1.29 is 39.6 Å². The van der Waals surface area contributed by atoms with Gasteiger partial charge in [-0.25, -0.2) is 4.79 Å². The predicted molar refractivity (Wildman–Crippen MR) is 164 cm³/mol. The molecule has 1 aliphatic heterocycles. The number of aliphatic hydroxyl groups excluding tert-OH is 1. The Hall–Kier alpha value is -4.98. The number of phenols is 2. The molecule has 238 valence electrons. The fourth-order valence-electron chi connectivity index (χ4n) is 5.09. The first-order valence-electron chi connectivity index (χ1n) is 14.4. The summed E-state index contributed by atoms with van der Waals surface area (Å²) in [7, 11) is 0. The molecule has 3 aromatic rings. The summed E-state index contributed by atoms with van der Waals surface area (Å²) in [6, 6.07) is 12.7. The summed E-state index contributed by atoms with van der Waals surface area (Å²) in [4.78, 5) is 52.5. The van der Waals surface area contributed by atoms with Crippen LogP contribution in [-0.2, 0) is 38.4 Å². The molecule has 3 aromatic carbocycles. The van der Waals surface area contributed by atoms with E-state index < -0.39 is 54.0 Å². The first kappa shape index (κ1) is 32.9. The molecule has 1 heterocycles. The van der Waals surface area contributed by atoms with Gasteiger partial charge in [0.1, 0.15) is 29.6 Å². The summed E-state index contributed by atoms with van der Waals surface area (Å²) < 4.78 is 0. The molecule has 0 saturated heterocycles. The smallest absolute Gasteiger partial charge is 0.326 e. The second-order valence-electron chi connectivity index (χ2n) is 11.0. The van der Waals surface area contributed by atoms with Crippen LogP contribution < -0.4 is 27.4 Å². The Morgan fingerprint density at radius 3 is 2.07 bits per heavy atom. The maximum Gasteiger partial charge on any atom is 0.326 e. The van der Waals surface area contributed by atoms with Crippen molar-refractivity contribution in [3.05, 3.63) is 83.4 Å². The van der Waals surface area contributed by atoms with Crippen molar-refractivity contribution in [1.82, 2.24) is 16.0 Å². The number of carbonyl (C=O) groups excluding carboxylic acids is 3. The van der Waals surface area contributed by atoms with Gasteiger partial charge in [0.2, 0.25) is 17.7 Å². The van der Waals surface area contributed by atoms with Crippen molar-refractivity contribution in [2.24, 2.45) is 11.5 Å². The van der Waals surface area contributed by atoms with Gasteiger partial charge in [0, 0.05) is 32.2 Å². The number of aliphatic carboxylic acids is 1. The van der Waals surface area contributed by atoms with E-state index in [4.69, 9.17) is 11.5 Å². The molecule has 3 amide bonds. The zero-order valence-electron chi connectivity index (χ0n) is 24.3. The molecule has 0 saturated carbocycles. The SMILES string of the molecule is NC[C@H](O)C[C@@H]1NC(=O)[C@@H](N)Cc2cc(ccc2O)-c2ccc(O)c(c2)C[C@@H](C(=O)N[C@@H](Cc2ccccc2)C(=O)O)NC1=O.